The standard InChI is InChI=1S/C12H16O4/c1-7-4-5-8-6-16-10(13)9(8)12(7,2)11(14)15-3/h4-5,7-9H,6H2,1-3H3/t7-,8-,9+,12-/m1/s1. The lowest BCUT2D eigenvalue weighted by Crippen LogP contribution is -2.47. The molecule has 4 atom stereocenters. The number of carbonyl (C=O) groups is 2. The second-order valence-corrected chi connectivity index (χ2v) is 4.72. The second-order valence-electron chi connectivity index (χ2n) is 4.72. The van der Waals surface area contributed by atoms with Gasteiger partial charge in [-0.25, -0.2) is 0 Å². The summed E-state index contributed by atoms with van der Waals surface area (Å²) in [5.74, 6) is -1.04. The minimum atomic E-state index is -0.804. The largest absolute Gasteiger partial charge is 0.469 e. The molecular formula is C12H16O4. The molecule has 1 fully saturated rings. The predicted octanol–water partition coefficient (Wildman–Crippen LogP) is 1.16. The monoisotopic (exact) mass is 224 g/mol. The van der Waals surface area contributed by atoms with Gasteiger partial charge in [0.1, 0.15) is 0 Å². The maximum atomic E-state index is 11.9. The number of carbonyl (C=O) groups excluding carboxylic acids is 2. The lowest BCUT2D eigenvalue weighted by atomic mass is 9.61. The number of fused-ring (bicyclic) bond motifs is 1. The Morgan fingerprint density at radius 2 is 2.25 bits per heavy atom. The van der Waals surface area contributed by atoms with Crippen LogP contribution in [0.4, 0.5) is 0 Å². The van der Waals surface area contributed by atoms with E-state index in [-0.39, 0.29) is 23.8 Å². The first-order valence-electron chi connectivity index (χ1n) is 5.45. The fourth-order valence-corrected chi connectivity index (χ4v) is 2.72. The van der Waals surface area contributed by atoms with Crippen LogP contribution in [0.15, 0.2) is 12.2 Å². The van der Waals surface area contributed by atoms with Gasteiger partial charge in [-0.1, -0.05) is 19.1 Å². The van der Waals surface area contributed by atoms with E-state index in [2.05, 4.69) is 0 Å². The van der Waals surface area contributed by atoms with Crippen molar-refractivity contribution in [1.29, 1.82) is 0 Å². The molecule has 0 unspecified atom stereocenters. The number of ether oxygens (including phenoxy) is 2. The highest BCUT2D eigenvalue weighted by Crippen LogP contribution is 2.48. The van der Waals surface area contributed by atoms with Crippen LogP contribution in [0.3, 0.4) is 0 Å². The Morgan fingerprint density at radius 1 is 1.56 bits per heavy atom. The van der Waals surface area contributed by atoms with E-state index in [9.17, 15) is 9.59 Å². The van der Waals surface area contributed by atoms with Crippen LogP contribution in [0.1, 0.15) is 13.8 Å². The number of esters is 2. The molecule has 4 nitrogen and oxygen atoms in total. The lowest BCUT2D eigenvalue weighted by molar-refractivity contribution is -0.165. The summed E-state index contributed by atoms with van der Waals surface area (Å²) < 4.78 is 9.88. The molecule has 88 valence electrons. The molecule has 0 aromatic rings. The Morgan fingerprint density at radius 3 is 2.88 bits per heavy atom. The molecule has 2 rings (SSSR count). The van der Waals surface area contributed by atoms with Gasteiger partial charge in [0.05, 0.1) is 25.0 Å². The van der Waals surface area contributed by atoms with Gasteiger partial charge in [-0.2, -0.15) is 0 Å². The van der Waals surface area contributed by atoms with Crippen LogP contribution < -0.4 is 0 Å². The number of cyclic esters (lactones) is 1. The van der Waals surface area contributed by atoms with Crippen molar-refractivity contribution in [2.24, 2.45) is 23.2 Å². The number of hydrogen-bond donors (Lipinski definition) is 0. The van der Waals surface area contributed by atoms with E-state index in [1.54, 1.807) is 6.92 Å². The number of methoxy groups -OCH3 is 1. The number of hydrogen-bond acceptors (Lipinski definition) is 4. The summed E-state index contributed by atoms with van der Waals surface area (Å²) in [6.07, 6.45) is 3.95. The molecule has 0 bridgehead atoms. The highest BCUT2D eigenvalue weighted by Gasteiger charge is 2.57. The quantitative estimate of drug-likeness (QED) is 0.495. The van der Waals surface area contributed by atoms with Crippen LogP contribution in [0.5, 0.6) is 0 Å². The van der Waals surface area contributed by atoms with Crippen molar-refractivity contribution in [3.8, 4) is 0 Å². The molecule has 0 radical (unpaired) electrons. The van der Waals surface area contributed by atoms with Crippen molar-refractivity contribution in [3.63, 3.8) is 0 Å². The van der Waals surface area contributed by atoms with Crippen molar-refractivity contribution in [1.82, 2.24) is 0 Å². The zero-order chi connectivity index (χ0) is 11.9. The number of rotatable bonds is 1. The lowest BCUT2D eigenvalue weighted by Gasteiger charge is -2.39. The minimum absolute atomic E-state index is 0.00722. The van der Waals surface area contributed by atoms with E-state index in [1.165, 1.54) is 7.11 Å². The zero-order valence-electron chi connectivity index (χ0n) is 9.73. The molecule has 4 heteroatoms. The highest BCUT2D eigenvalue weighted by molar-refractivity contribution is 5.87. The van der Waals surface area contributed by atoms with Gasteiger partial charge in [-0.05, 0) is 12.8 Å². The second kappa shape index (κ2) is 3.61. The summed E-state index contributed by atoms with van der Waals surface area (Å²) >= 11 is 0. The molecular weight excluding hydrogens is 208 g/mol. The van der Waals surface area contributed by atoms with E-state index in [0.717, 1.165) is 0 Å². The minimum Gasteiger partial charge on any atom is -0.469 e. The smallest absolute Gasteiger partial charge is 0.313 e. The van der Waals surface area contributed by atoms with Crippen molar-refractivity contribution in [2.45, 2.75) is 13.8 Å². The van der Waals surface area contributed by atoms with Gasteiger partial charge in [0.15, 0.2) is 0 Å². The van der Waals surface area contributed by atoms with Crippen molar-refractivity contribution in [3.05, 3.63) is 12.2 Å². The third-order valence-corrected chi connectivity index (χ3v) is 3.96. The van der Waals surface area contributed by atoms with Crippen LogP contribution >= 0.6 is 0 Å². The molecule has 2 aliphatic rings. The summed E-state index contributed by atoms with van der Waals surface area (Å²) in [7, 11) is 1.36. The summed E-state index contributed by atoms with van der Waals surface area (Å²) in [5.41, 5.74) is -0.804. The highest BCUT2D eigenvalue weighted by atomic mass is 16.5. The van der Waals surface area contributed by atoms with E-state index in [1.807, 2.05) is 19.1 Å². The molecule has 1 heterocycles. The molecule has 1 aliphatic carbocycles. The molecule has 0 saturated carbocycles. The number of allylic oxidation sites excluding steroid dienone is 1. The third-order valence-electron chi connectivity index (χ3n) is 3.96. The molecule has 16 heavy (non-hydrogen) atoms. The van der Waals surface area contributed by atoms with Crippen LogP contribution in [-0.4, -0.2) is 25.7 Å². The van der Waals surface area contributed by atoms with E-state index in [0.29, 0.717) is 6.61 Å². The molecule has 0 aromatic carbocycles. The summed E-state index contributed by atoms with van der Waals surface area (Å²) in [4.78, 5) is 23.6. The fourth-order valence-electron chi connectivity index (χ4n) is 2.72. The van der Waals surface area contributed by atoms with Gasteiger partial charge in [-0.15, -0.1) is 0 Å². The molecule has 1 saturated heterocycles. The van der Waals surface area contributed by atoms with Gasteiger partial charge in [0.25, 0.3) is 0 Å². The van der Waals surface area contributed by atoms with Gasteiger partial charge in [-0.3, -0.25) is 9.59 Å². The van der Waals surface area contributed by atoms with Crippen molar-refractivity contribution < 1.29 is 19.1 Å². The average Bonchev–Trinajstić information content (AvgIpc) is 2.65. The molecule has 0 N–H and O–H groups in total. The SMILES string of the molecule is COC(=O)[C@]1(C)[C@H](C)C=C[C@@H]2COC(=O)[C@H]21. The van der Waals surface area contributed by atoms with Crippen molar-refractivity contribution >= 4 is 11.9 Å². The maximum Gasteiger partial charge on any atom is 0.313 e. The van der Waals surface area contributed by atoms with Crippen LogP contribution in [0.2, 0.25) is 0 Å². The van der Waals surface area contributed by atoms with E-state index < -0.39 is 11.3 Å². The van der Waals surface area contributed by atoms with Gasteiger partial charge >= 0.3 is 11.9 Å². The third kappa shape index (κ3) is 1.29. The average molecular weight is 224 g/mol. The van der Waals surface area contributed by atoms with E-state index in [4.69, 9.17) is 9.47 Å². The van der Waals surface area contributed by atoms with Crippen LogP contribution in [-0.2, 0) is 19.1 Å². The molecule has 0 amide bonds. The first kappa shape index (κ1) is 11.2. The first-order chi connectivity index (χ1) is 7.51. The van der Waals surface area contributed by atoms with Gasteiger partial charge in [0.2, 0.25) is 0 Å². The Balaban J connectivity index is 2.44. The Bertz CT molecular complexity index is 360. The normalized spacial score (nSPS) is 41.4. The summed E-state index contributed by atoms with van der Waals surface area (Å²) in [6, 6.07) is 0. The molecule has 0 aromatic heterocycles. The maximum absolute atomic E-state index is 11.9. The molecule has 1 aliphatic heterocycles. The predicted molar refractivity (Wildman–Crippen MR) is 56.4 cm³/mol. The summed E-state index contributed by atoms with van der Waals surface area (Å²) in [6.45, 7) is 4.09. The topological polar surface area (TPSA) is 52.6 Å². The van der Waals surface area contributed by atoms with Gasteiger partial charge in [0, 0.05) is 5.92 Å². The van der Waals surface area contributed by atoms with Crippen LogP contribution in [0.25, 0.3) is 0 Å². The molecule has 0 spiro atoms. The fraction of sp³-hybridized carbons (Fsp3) is 0.667. The van der Waals surface area contributed by atoms with Crippen molar-refractivity contribution in [2.75, 3.05) is 13.7 Å². The summed E-state index contributed by atoms with van der Waals surface area (Å²) in [5, 5.41) is 0. The Hall–Kier alpha value is -1.32. The Kier molecular flexibility index (Phi) is 2.52. The van der Waals surface area contributed by atoms with Gasteiger partial charge < -0.3 is 9.47 Å². The Labute approximate surface area is 94.6 Å². The zero-order valence-corrected chi connectivity index (χ0v) is 9.73. The van der Waals surface area contributed by atoms with Crippen LogP contribution in [0, 0.1) is 23.2 Å². The van der Waals surface area contributed by atoms with E-state index >= 15 is 0 Å². The first-order valence-corrected chi connectivity index (χ1v) is 5.45.